The molecule has 0 aliphatic carbocycles. The minimum atomic E-state index is -3.13. The number of ether oxygens (including phenoxy) is 2. The molecule has 0 aromatic carbocycles. The van der Waals surface area contributed by atoms with Crippen LogP contribution in [0.1, 0.15) is 27.2 Å². The first-order valence-electron chi connectivity index (χ1n) is 6.35. The summed E-state index contributed by atoms with van der Waals surface area (Å²) < 4.78 is 32.2. The van der Waals surface area contributed by atoms with Crippen molar-refractivity contribution in [2.75, 3.05) is 38.8 Å². The maximum Gasteiger partial charge on any atom is 0.389 e. The first kappa shape index (κ1) is 18.9. The summed E-state index contributed by atoms with van der Waals surface area (Å²) in [6, 6.07) is 0. The summed E-state index contributed by atoms with van der Waals surface area (Å²) in [7, 11) is 0. The molecule has 0 unspecified atom stereocenters. The summed E-state index contributed by atoms with van der Waals surface area (Å²) in [5.41, 5.74) is 0. The maximum atomic E-state index is 12.0. The molecule has 19 heavy (non-hydrogen) atoms. The second-order valence-corrected chi connectivity index (χ2v) is 7.48. The molecule has 0 radical (unpaired) electrons. The second-order valence-electron chi connectivity index (χ2n) is 3.28. The van der Waals surface area contributed by atoms with Gasteiger partial charge in [-0.15, -0.1) is 0 Å². The normalized spacial score (nSPS) is 11.5. The van der Waals surface area contributed by atoms with Crippen LogP contribution in [0.25, 0.3) is 0 Å². The number of rotatable bonds is 12. The predicted octanol–water partition coefficient (Wildman–Crippen LogP) is 2.87. The molecule has 0 bridgehead atoms. The fourth-order valence-electron chi connectivity index (χ4n) is 1.10. The molecule has 0 spiro atoms. The van der Waals surface area contributed by atoms with Gasteiger partial charge in [0.05, 0.1) is 26.2 Å². The SMILES string of the molecule is CCOCCOC(=O)CCSP(=O)(OCC)OCC. The van der Waals surface area contributed by atoms with Gasteiger partial charge in [-0.05, 0) is 32.2 Å². The van der Waals surface area contributed by atoms with Gasteiger partial charge in [-0.2, -0.15) is 0 Å². The number of carbonyl (C=O) groups excluding carboxylic acids is 1. The predicted molar refractivity (Wildman–Crippen MR) is 75.4 cm³/mol. The average Bonchev–Trinajstić information content (AvgIpc) is 2.35. The van der Waals surface area contributed by atoms with Gasteiger partial charge in [-0.1, -0.05) is 0 Å². The Hall–Kier alpha value is -0.0700. The van der Waals surface area contributed by atoms with Crippen molar-refractivity contribution < 1.29 is 27.9 Å². The van der Waals surface area contributed by atoms with Crippen molar-refractivity contribution in [2.45, 2.75) is 27.2 Å². The van der Waals surface area contributed by atoms with E-state index in [-0.39, 0.29) is 19.0 Å². The highest BCUT2D eigenvalue weighted by Crippen LogP contribution is 2.60. The van der Waals surface area contributed by atoms with Gasteiger partial charge < -0.3 is 18.5 Å². The Morgan fingerprint density at radius 3 is 2.21 bits per heavy atom. The van der Waals surface area contributed by atoms with E-state index in [1.54, 1.807) is 13.8 Å². The zero-order chi connectivity index (χ0) is 14.6. The number of carbonyl (C=O) groups is 1. The minimum Gasteiger partial charge on any atom is -0.463 e. The van der Waals surface area contributed by atoms with Crippen molar-refractivity contribution >= 4 is 24.1 Å². The fourth-order valence-corrected chi connectivity index (χ4v) is 4.46. The Morgan fingerprint density at radius 1 is 1.05 bits per heavy atom. The molecule has 0 rings (SSSR count). The zero-order valence-corrected chi connectivity index (χ0v) is 13.5. The van der Waals surface area contributed by atoms with Crippen LogP contribution in [-0.2, 0) is 27.9 Å². The molecule has 0 aliphatic heterocycles. The second kappa shape index (κ2) is 11.7. The van der Waals surface area contributed by atoms with Gasteiger partial charge in [0.15, 0.2) is 0 Å². The molecule has 0 fully saturated rings. The summed E-state index contributed by atoms with van der Waals surface area (Å²) in [5.74, 6) is -0.00293. The highest BCUT2D eigenvalue weighted by Gasteiger charge is 2.24. The highest BCUT2D eigenvalue weighted by molar-refractivity contribution is 8.55. The molecular weight excluding hydrogens is 291 g/mol. The van der Waals surface area contributed by atoms with Gasteiger partial charge in [0, 0.05) is 12.4 Å². The molecule has 6 nitrogen and oxygen atoms in total. The standard InChI is InChI=1S/C11H23O6PS/c1-4-14-8-9-15-11(12)7-10-19-18(13,16-5-2)17-6-3/h4-10H2,1-3H3. The molecule has 0 heterocycles. The minimum absolute atomic E-state index is 0.168. The van der Waals surface area contributed by atoms with E-state index in [1.807, 2.05) is 6.92 Å². The van der Waals surface area contributed by atoms with Crippen LogP contribution in [0.5, 0.6) is 0 Å². The Labute approximate surface area is 118 Å². The molecular formula is C11H23O6PS. The van der Waals surface area contributed by atoms with Gasteiger partial charge in [0.2, 0.25) is 0 Å². The van der Waals surface area contributed by atoms with Gasteiger partial charge in [0.25, 0.3) is 0 Å². The summed E-state index contributed by atoms with van der Waals surface area (Å²) in [6.45, 7) is 4.08. The van der Waals surface area contributed by atoms with Crippen LogP contribution in [0, 0.1) is 0 Å². The number of hydrogen-bond acceptors (Lipinski definition) is 7. The van der Waals surface area contributed by atoms with E-state index in [4.69, 9.17) is 18.5 Å². The zero-order valence-electron chi connectivity index (χ0n) is 11.8. The monoisotopic (exact) mass is 314 g/mol. The quantitative estimate of drug-likeness (QED) is 0.311. The van der Waals surface area contributed by atoms with E-state index in [2.05, 4.69) is 0 Å². The van der Waals surface area contributed by atoms with Crippen LogP contribution in [0.4, 0.5) is 0 Å². The topological polar surface area (TPSA) is 71.1 Å². The van der Waals surface area contributed by atoms with Crippen LogP contribution >= 0.6 is 18.2 Å². The average molecular weight is 314 g/mol. The molecule has 8 heteroatoms. The molecule has 0 amide bonds. The van der Waals surface area contributed by atoms with E-state index in [0.717, 1.165) is 11.4 Å². The van der Waals surface area contributed by atoms with Gasteiger partial charge in [-0.3, -0.25) is 4.79 Å². The Morgan fingerprint density at radius 2 is 1.68 bits per heavy atom. The van der Waals surface area contributed by atoms with Gasteiger partial charge >= 0.3 is 12.8 Å². The smallest absolute Gasteiger partial charge is 0.389 e. The van der Waals surface area contributed by atoms with Gasteiger partial charge in [-0.25, -0.2) is 4.57 Å². The first-order chi connectivity index (χ1) is 9.08. The third-order valence-electron chi connectivity index (χ3n) is 1.82. The summed E-state index contributed by atoms with van der Waals surface area (Å²) in [6.07, 6.45) is 0.168. The van der Waals surface area contributed by atoms with E-state index in [9.17, 15) is 9.36 Å². The van der Waals surface area contributed by atoms with Crippen LogP contribution in [0.3, 0.4) is 0 Å². The summed E-state index contributed by atoms with van der Waals surface area (Å²) in [5, 5.41) is 0. The van der Waals surface area contributed by atoms with Gasteiger partial charge in [0.1, 0.15) is 6.61 Å². The maximum absolute atomic E-state index is 12.0. The molecule has 0 saturated heterocycles. The van der Waals surface area contributed by atoms with Crippen LogP contribution in [0.15, 0.2) is 0 Å². The van der Waals surface area contributed by atoms with Crippen molar-refractivity contribution in [1.82, 2.24) is 0 Å². The third-order valence-corrected chi connectivity index (χ3v) is 5.81. The molecule has 114 valence electrons. The lowest BCUT2D eigenvalue weighted by Crippen LogP contribution is -2.11. The van der Waals surface area contributed by atoms with Crippen molar-refractivity contribution in [2.24, 2.45) is 0 Å². The van der Waals surface area contributed by atoms with E-state index in [0.29, 0.717) is 32.2 Å². The Kier molecular flexibility index (Phi) is 11.7. The van der Waals surface area contributed by atoms with Crippen molar-refractivity contribution in [3.8, 4) is 0 Å². The molecule has 0 aromatic heterocycles. The number of esters is 1. The molecule has 0 atom stereocenters. The van der Waals surface area contributed by atoms with Crippen LogP contribution in [-0.4, -0.2) is 44.8 Å². The summed E-state index contributed by atoms with van der Waals surface area (Å²) >= 11 is 1.02. The lowest BCUT2D eigenvalue weighted by Gasteiger charge is -2.15. The lowest BCUT2D eigenvalue weighted by molar-refractivity contribution is -0.144. The molecule has 0 aromatic rings. The number of hydrogen-bond donors (Lipinski definition) is 0. The molecule has 0 aliphatic rings. The highest BCUT2D eigenvalue weighted by atomic mass is 32.7. The Bertz CT molecular complexity index is 276. The van der Waals surface area contributed by atoms with Crippen molar-refractivity contribution in [3.63, 3.8) is 0 Å². The van der Waals surface area contributed by atoms with E-state index < -0.39 is 6.80 Å². The fraction of sp³-hybridized carbons (Fsp3) is 0.909. The Balaban J connectivity index is 3.80. The van der Waals surface area contributed by atoms with E-state index >= 15 is 0 Å². The summed E-state index contributed by atoms with van der Waals surface area (Å²) in [4.78, 5) is 11.3. The third kappa shape index (κ3) is 10.4. The van der Waals surface area contributed by atoms with Crippen molar-refractivity contribution in [1.29, 1.82) is 0 Å². The lowest BCUT2D eigenvalue weighted by atomic mass is 10.5. The van der Waals surface area contributed by atoms with Crippen LogP contribution < -0.4 is 0 Å². The van der Waals surface area contributed by atoms with Crippen molar-refractivity contribution in [3.05, 3.63) is 0 Å². The molecule has 0 N–H and O–H groups in total. The molecule has 0 saturated carbocycles. The largest absolute Gasteiger partial charge is 0.463 e. The van der Waals surface area contributed by atoms with Crippen LogP contribution in [0.2, 0.25) is 0 Å². The van der Waals surface area contributed by atoms with E-state index in [1.165, 1.54) is 0 Å². The first-order valence-corrected chi connectivity index (χ1v) is 9.48.